The van der Waals surface area contributed by atoms with E-state index in [2.05, 4.69) is 15.5 Å². The second-order valence-electron chi connectivity index (χ2n) is 6.52. The van der Waals surface area contributed by atoms with E-state index in [1.807, 2.05) is 72.3 Å². The fourth-order valence-corrected chi connectivity index (χ4v) is 3.73. The lowest BCUT2D eigenvalue weighted by Gasteiger charge is -2.10. The van der Waals surface area contributed by atoms with Crippen molar-refractivity contribution in [2.45, 2.75) is 26.9 Å². The summed E-state index contributed by atoms with van der Waals surface area (Å²) in [6.07, 6.45) is 0. The van der Waals surface area contributed by atoms with Crippen molar-refractivity contribution in [3.8, 4) is 22.2 Å². The predicted octanol–water partition coefficient (Wildman–Crippen LogP) is 4.20. The minimum atomic E-state index is -0.0398. The molecule has 0 aliphatic rings. The van der Waals surface area contributed by atoms with Crippen molar-refractivity contribution in [3.63, 3.8) is 0 Å². The number of aromatic nitrogens is 3. The third kappa shape index (κ3) is 3.75. The number of carbonyl (C=O) groups is 1. The molecule has 0 saturated carbocycles. The van der Waals surface area contributed by atoms with Crippen LogP contribution in [0.15, 0.2) is 58.3 Å². The minimum Gasteiger partial charge on any atom is -0.415 e. The summed E-state index contributed by atoms with van der Waals surface area (Å²) in [6, 6.07) is 15.7. The molecule has 0 atom stereocenters. The van der Waals surface area contributed by atoms with Crippen LogP contribution in [-0.2, 0) is 17.9 Å². The van der Waals surface area contributed by atoms with Crippen LogP contribution in [0.1, 0.15) is 17.0 Å². The number of hydrogen-bond acceptors (Lipinski definition) is 5. The molecule has 142 valence electrons. The van der Waals surface area contributed by atoms with E-state index in [0.29, 0.717) is 18.3 Å². The third-order valence-electron chi connectivity index (χ3n) is 4.60. The lowest BCUT2D eigenvalue weighted by atomic mass is 10.2. The summed E-state index contributed by atoms with van der Waals surface area (Å²) in [5.41, 5.74) is 3.82. The molecule has 4 aromatic rings. The highest BCUT2D eigenvalue weighted by molar-refractivity contribution is 7.13. The zero-order valence-electron chi connectivity index (χ0n) is 15.7. The molecule has 0 aliphatic carbocycles. The van der Waals surface area contributed by atoms with E-state index in [1.165, 1.54) is 0 Å². The molecule has 4 rings (SSSR count). The zero-order valence-corrected chi connectivity index (χ0v) is 16.5. The minimum absolute atomic E-state index is 0.0398. The summed E-state index contributed by atoms with van der Waals surface area (Å²) in [5.74, 6) is 0.935. The maximum Gasteiger partial charge on any atom is 0.258 e. The molecule has 3 heterocycles. The van der Waals surface area contributed by atoms with E-state index in [4.69, 9.17) is 4.42 Å². The molecule has 3 aromatic heterocycles. The molecule has 0 saturated heterocycles. The van der Waals surface area contributed by atoms with Crippen molar-refractivity contribution in [3.05, 3.63) is 70.9 Å². The highest BCUT2D eigenvalue weighted by Crippen LogP contribution is 2.30. The van der Waals surface area contributed by atoms with Crippen molar-refractivity contribution in [2.24, 2.45) is 0 Å². The van der Waals surface area contributed by atoms with Gasteiger partial charge in [0.15, 0.2) is 0 Å². The Morgan fingerprint density at radius 1 is 1.11 bits per heavy atom. The van der Waals surface area contributed by atoms with Crippen LogP contribution < -0.4 is 5.32 Å². The highest BCUT2D eigenvalue weighted by Gasteiger charge is 2.18. The van der Waals surface area contributed by atoms with Crippen molar-refractivity contribution >= 4 is 17.2 Å². The summed E-state index contributed by atoms with van der Waals surface area (Å²) < 4.78 is 7.81. The van der Waals surface area contributed by atoms with Gasteiger partial charge in [-0.2, -0.15) is 0 Å². The predicted molar refractivity (Wildman–Crippen MR) is 109 cm³/mol. The number of nitrogens with zero attached hydrogens (tertiary/aromatic N) is 3. The van der Waals surface area contributed by atoms with Crippen molar-refractivity contribution in [2.75, 3.05) is 0 Å². The van der Waals surface area contributed by atoms with Crippen LogP contribution in [0, 0.1) is 13.8 Å². The van der Waals surface area contributed by atoms with Gasteiger partial charge in [-0.1, -0.05) is 36.4 Å². The number of carbonyl (C=O) groups excluding carboxylic acids is 1. The average molecular weight is 392 g/mol. The third-order valence-corrected chi connectivity index (χ3v) is 5.45. The molecule has 6 nitrogen and oxygen atoms in total. The summed E-state index contributed by atoms with van der Waals surface area (Å²) in [6.45, 7) is 4.69. The number of rotatable bonds is 6. The van der Waals surface area contributed by atoms with Crippen LogP contribution in [0.3, 0.4) is 0 Å². The van der Waals surface area contributed by atoms with Crippen LogP contribution in [0.2, 0.25) is 0 Å². The van der Waals surface area contributed by atoms with Gasteiger partial charge in [-0.15, -0.1) is 21.5 Å². The number of thiophene rings is 1. The normalized spacial score (nSPS) is 10.9. The van der Waals surface area contributed by atoms with Crippen molar-refractivity contribution in [1.29, 1.82) is 0 Å². The van der Waals surface area contributed by atoms with Gasteiger partial charge >= 0.3 is 0 Å². The Balaban J connectivity index is 1.49. The topological polar surface area (TPSA) is 73.0 Å². The monoisotopic (exact) mass is 392 g/mol. The molecule has 7 heteroatoms. The van der Waals surface area contributed by atoms with E-state index >= 15 is 0 Å². The van der Waals surface area contributed by atoms with Crippen molar-refractivity contribution in [1.82, 2.24) is 20.1 Å². The molecule has 1 amide bonds. The van der Waals surface area contributed by atoms with E-state index in [9.17, 15) is 4.79 Å². The molecule has 1 aromatic carbocycles. The van der Waals surface area contributed by atoms with Crippen LogP contribution >= 0.6 is 11.3 Å². The van der Waals surface area contributed by atoms with Crippen LogP contribution in [0.5, 0.6) is 0 Å². The molecule has 0 aliphatic heterocycles. The van der Waals surface area contributed by atoms with Crippen LogP contribution in [0.4, 0.5) is 0 Å². The number of hydrogen-bond donors (Lipinski definition) is 1. The van der Waals surface area contributed by atoms with E-state index in [1.54, 1.807) is 11.3 Å². The van der Waals surface area contributed by atoms with Crippen LogP contribution in [-0.4, -0.2) is 20.7 Å². The number of amides is 1. The van der Waals surface area contributed by atoms with E-state index < -0.39 is 0 Å². The summed E-state index contributed by atoms with van der Waals surface area (Å²) in [5, 5.41) is 13.3. The molecule has 0 fully saturated rings. The molecule has 0 unspecified atom stereocenters. The van der Waals surface area contributed by atoms with Gasteiger partial charge < -0.3 is 14.3 Å². The molecular formula is C21H20N4O2S. The van der Waals surface area contributed by atoms with Gasteiger partial charge in [0.05, 0.1) is 10.4 Å². The SMILES string of the molecule is Cc1cc(-c2nnc(-c3cccs3)o2)c(C)n1CC(=O)NCc1ccccc1. The first-order valence-corrected chi connectivity index (χ1v) is 9.85. The quantitative estimate of drug-likeness (QED) is 0.534. The molecule has 0 bridgehead atoms. The first-order chi connectivity index (χ1) is 13.6. The average Bonchev–Trinajstić information content (AvgIpc) is 3.44. The van der Waals surface area contributed by atoms with Gasteiger partial charge in [0.2, 0.25) is 11.8 Å². The largest absolute Gasteiger partial charge is 0.415 e. The zero-order chi connectivity index (χ0) is 19.5. The Labute approximate surface area is 166 Å². The van der Waals surface area contributed by atoms with Crippen molar-refractivity contribution < 1.29 is 9.21 Å². The van der Waals surface area contributed by atoms with Gasteiger partial charge in [0, 0.05) is 17.9 Å². The Kier molecular flexibility index (Phi) is 5.08. The second kappa shape index (κ2) is 7.82. The fourth-order valence-electron chi connectivity index (χ4n) is 3.09. The Morgan fingerprint density at radius 2 is 1.89 bits per heavy atom. The molecule has 0 radical (unpaired) electrons. The molecule has 28 heavy (non-hydrogen) atoms. The number of aryl methyl sites for hydroxylation is 1. The maximum absolute atomic E-state index is 12.4. The number of nitrogens with one attached hydrogen (secondary N) is 1. The van der Waals surface area contributed by atoms with Gasteiger partial charge in [0.25, 0.3) is 5.89 Å². The molecule has 0 spiro atoms. The van der Waals surface area contributed by atoms with E-state index in [-0.39, 0.29) is 12.5 Å². The fraction of sp³-hybridized carbons (Fsp3) is 0.190. The van der Waals surface area contributed by atoms with Gasteiger partial charge in [-0.25, -0.2) is 0 Å². The molecular weight excluding hydrogens is 372 g/mol. The van der Waals surface area contributed by atoms with Gasteiger partial charge in [-0.05, 0) is 36.9 Å². The van der Waals surface area contributed by atoms with Crippen LogP contribution in [0.25, 0.3) is 22.2 Å². The Bertz CT molecular complexity index is 1080. The Hall–Kier alpha value is -3.19. The highest BCUT2D eigenvalue weighted by atomic mass is 32.1. The van der Waals surface area contributed by atoms with Gasteiger partial charge in [0.1, 0.15) is 6.54 Å². The first kappa shape index (κ1) is 18.2. The second-order valence-corrected chi connectivity index (χ2v) is 7.47. The van der Waals surface area contributed by atoms with E-state index in [0.717, 1.165) is 27.4 Å². The number of benzene rings is 1. The summed E-state index contributed by atoms with van der Waals surface area (Å²) >= 11 is 1.55. The summed E-state index contributed by atoms with van der Waals surface area (Å²) in [4.78, 5) is 13.4. The molecule has 1 N–H and O–H groups in total. The first-order valence-electron chi connectivity index (χ1n) is 8.97. The van der Waals surface area contributed by atoms with Gasteiger partial charge in [-0.3, -0.25) is 4.79 Å². The lowest BCUT2D eigenvalue weighted by molar-refractivity contribution is -0.121. The Morgan fingerprint density at radius 3 is 2.64 bits per heavy atom. The lowest BCUT2D eigenvalue weighted by Crippen LogP contribution is -2.27. The smallest absolute Gasteiger partial charge is 0.258 e. The summed E-state index contributed by atoms with van der Waals surface area (Å²) in [7, 11) is 0. The standard InChI is InChI=1S/C21H20N4O2S/c1-14-11-17(20-23-24-21(27-20)18-9-6-10-28-18)15(2)25(14)13-19(26)22-12-16-7-4-3-5-8-16/h3-11H,12-13H2,1-2H3,(H,22,26). The maximum atomic E-state index is 12.4.